The van der Waals surface area contributed by atoms with Crippen molar-refractivity contribution < 1.29 is 14.3 Å². The Morgan fingerprint density at radius 1 is 0.679 bits per heavy atom. The molecule has 142 valence electrons. The predicted octanol–water partition coefficient (Wildman–Crippen LogP) is 5.39. The number of Topliss-reactive ketones (excluding diaryl/α,β-unsaturated/α-hetero) is 1. The van der Waals surface area contributed by atoms with Crippen LogP contribution in [0.1, 0.15) is 46.2 Å². The minimum Gasteiger partial charge on any atom is -0.469 e. The van der Waals surface area contributed by atoms with E-state index in [0.29, 0.717) is 12.0 Å². The molecule has 0 bridgehead atoms. The molecule has 0 heterocycles. The molecule has 0 aliphatic rings. The first-order valence-electron chi connectivity index (χ1n) is 9.44. The van der Waals surface area contributed by atoms with E-state index in [1.165, 1.54) is 7.11 Å². The first kappa shape index (κ1) is 19.6. The molecule has 3 nitrogen and oxygen atoms in total. The summed E-state index contributed by atoms with van der Waals surface area (Å²) in [6.07, 6.45) is 0.548. The second-order valence-electron chi connectivity index (χ2n) is 6.81. The van der Waals surface area contributed by atoms with Gasteiger partial charge < -0.3 is 4.74 Å². The zero-order valence-corrected chi connectivity index (χ0v) is 16.0. The van der Waals surface area contributed by atoms with Crippen molar-refractivity contribution >= 4 is 11.8 Å². The molecule has 0 aliphatic carbocycles. The number of esters is 1. The highest BCUT2D eigenvalue weighted by atomic mass is 16.5. The average molecular weight is 372 g/mol. The third kappa shape index (κ3) is 4.95. The van der Waals surface area contributed by atoms with Crippen molar-refractivity contribution in [3.05, 3.63) is 108 Å². The molecule has 3 aromatic carbocycles. The van der Waals surface area contributed by atoms with Gasteiger partial charge in [-0.25, -0.2) is 0 Å². The van der Waals surface area contributed by atoms with E-state index in [1.54, 1.807) is 0 Å². The largest absolute Gasteiger partial charge is 0.469 e. The topological polar surface area (TPSA) is 43.4 Å². The van der Waals surface area contributed by atoms with Gasteiger partial charge in [-0.2, -0.15) is 0 Å². The molecule has 0 unspecified atom stereocenters. The van der Waals surface area contributed by atoms with Crippen LogP contribution in [0.2, 0.25) is 0 Å². The minimum absolute atomic E-state index is 0.0697. The van der Waals surface area contributed by atoms with Crippen molar-refractivity contribution in [3.63, 3.8) is 0 Å². The molecule has 0 amide bonds. The van der Waals surface area contributed by atoms with Crippen LogP contribution in [-0.4, -0.2) is 18.9 Å². The van der Waals surface area contributed by atoms with Gasteiger partial charge in [0.2, 0.25) is 0 Å². The second kappa shape index (κ2) is 9.65. The maximum absolute atomic E-state index is 13.0. The van der Waals surface area contributed by atoms with Crippen molar-refractivity contribution in [2.45, 2.75) is 24.7 Å². The van der Waals surface area contributed by atoms with E-state index in [4.69, 9.17) is 4.74 Å². The van der Waals surface area contributed by atoms with Crippen LogP contribution in [0.3, 0.4) is 0 Å². The van der Waals surface area contributed by atoms with Crippen LogP contribution in [-0.2, 0) is 9.53 Å². The standard InChI is InChI=1S/C25H24O3/c1-28-25(27)18-23(20-13-7-3-8-14-20)22(19-11-5-2-6-12-19)17-24(26)21-15-9-4-10-16-21/h2-16,22-23H,17-18H2,1H3/t22-,23+/m1/s1. The summed E-state index contributed by atoms with van der Waals surface area (Å²) in [5.74, 6) is -0.485. The fourth-order valence-corrected chi connectivity index (χ4v) is 3.59. The van der Waals surface area contributed by atoms with Crippen molar-refractivity contribution in [3.8, 4) is 0 Å². The summed E-state index contributed by atoms with van der Waals surface area (Å²) in [5.41, 5.74) is 2.76. The van der Waals surface area contributed by atoms with Gasteiger partial charge in [-0.05, 0) is 17.0 Å². The van der Waals surface area contributed by atoms with Crippen molar-refractivity contribution in [2.75, 3.05) is 7.11 Å². The summed E-state index contributed by atoms with van der Waals surface area (Å²) in [7, 11) is 1.40. The highest BCUT2D eigenvalue weighted by Crippen LogP contribution is 2.39. The maximum atomic E-state index is 13.0. The summed E-state index contributed by atoms with van der Waals surface area (Å²) in [4.78, 5) is 25.2. The number of hydrogen-bond donors (Lipinski definition) is 0. The second-order valence-corrected chi connectivity index (χ2v) is 6.81. The van der Waals surface area contributed by atoms with Crippen LogP contribution < -0.4 is 0 Å². The molecule has 0 radical (unpaired) electrons. The highest BCUT2D eigenvalue weighted by Gasteiger charge is 2.29. The molecule has 0 N–H and O–H groups in total. The third-order valence-corrected chi connectivity index (χ3v) is 5.06. The number of benzene rings is 3. The molecular formula is C25H24O3. The van der Waals surface area contributed by atoms with Gasteiger partial charge >= 0.3 is 5.97 Å². The number of rotatable bonds is 8. The molecule has 0 saturated carbocycles. The zero-order chi connectivity index (χ0) is 19.8. The Bertz CT molecular complexity index is 889. The minimum atomic E-state index is -0.276. The van der Waals surface area contributed by atoms with Crippen LogP contribution in [0, 0.1) is 0 Å². The lowest BCUT2D eigenvalue weighted by atomic mass is 9.76. The van der Waals surface area contributed by atoms with E-state index in [0.717, 1.165) is 11.1 Å². The molecule has 3 rings (SSSR count). The van der Waals surface area contributed by atoms with Crippen molar-refractivity contribution in [1.29, 1.82) is 0 Å². The van der Waals surface area contributed by atoms with E-state index in [1.807, 2.05) is 91.0 Å². The lowest BCUT2D eigenvalue weighted by molar-refractivity contribution is -0.141. The zero-order valence-electron chi connectivity index (χ0n) is 16.0. The number of hydrogen-bond acceptors (Lipinski definition) is 3. The molecule has 3 aromatic rings. The maximum Gasteiger partial charge on any atom is 0.306 e. The van der Waals surface area contributed by atoms with Gasteiger partial charge in [-0.3, -0.25) is 9.59 Å². The molecule has 0 aliphatic heterocycles. The summed E-state index contributed by atoms with van der Waals surface area (Å²) in [6.45, 7) is 0. The molecular weight excluding hydrogens is 348 g/mol. The first-order valence-corrected chi connectivity index (χ1v) is 9.44. The third-order valence-electron chi connectivity index (χ3n) is 5.06. The van der Waals surface area contributed by atoms with Gasteiger partial charge in [-0.15, -0.1) is 0 Å². The predicted molar refractivity (Wildman–Crippen MR) is 110 cm³/mol. The van der Waals surface area contributed by atoms with Crippen LogP contribution in [0.5, 0.6) is 0 Å². The summed E-state index contributed by atoms with van der Waals surface area (Å²) < 4.78 is 4.95. The fourth-order valence-electron chi connectivity index (χ4n) is 3.59. The van der Waals surface area contributed by atoms with Gasteiger partial charge in [0.25, 0.3) is 0 Å². The van der Waals surface area contributed by atoms with E-state index in [-0.39, 0.29) is 30.0 Å². The number of ketones is 1. The fraction of sp³-hybridized carbons (Fsp3) is 0.200. The number of carbonyl (C=O) groups is 2. The Morgan fingerprint density at radius 2 is 1.11 bits per heavy atom. The van der Waals surface area contributed by atoms with Crippen LogP contribution in [0.4, 0.5) is 0 Å². The molecule has 0 fully saturated rings. The van der Waals surface area contributed by atoms with Crippen molar-refractivity contribution in [1.82, 2.24) is 0 Å². The normalized spacial score (nSPS) is 12.8. The van der Waals surface area contributed by atoms with Gasteiger partial charge in [-0.1, -0.05) is 91.0 Å². The molecule has 3 heteroatoms. The number of ether oxygens (including phenoxy) is 1. The smallest absolute Gasteiger partial charge is 0.306 e. The summed E-state index contributed by atoms with van der Waals surface area (Å²) in [5, 5.41) is 0. The van der Waals surface area contributed by atoms with E-state index in [9.17, 15) is 9.59 Å². The van der Waals surface area contributed by atoms with Gasteiger partial charge in [0, 0.05) is 17.9 Å². The first-order chi connectivity index (χ1) is 13.7. The van der Waals surface area contributed by atoms with Gasteiger partial charge in [0.1, 0.15) is 0 Å². The van der Waals surface area contributed by atoms with Crippen LogP contribution in [0.25, 0.3) is 0 Å². The summed E-state index contributed by atoms with van der Waals surface area (Å²) >= 11 is 0. The Labute approximate surface area is 166 Å². The van der Waals surface area contributed by atoms with E-state index < -0.39 is 0 Å². The van der Waals surface area contributed by atoms with Crippen LogP contribution >= 0.6 is 0 Å². The molecule has 0 spiro atoms. The lowest BCUT2D eigenvalue weighted by Crippen LogP contribution is -2.19. The van der Waals surface area contributed by atoms with E-state index >= 15 is 0 Å². The SMILES string of the molecule is COC(=O)C[C@@H](c1ccccc1)[C@H](CC(=O)c1ccccc1)c1ccccc1. The Morgan fingerprint density at radius 3 is 1.57 bits per heavy atom. The Hall–Kier alpha value is -3.20. The molecule has 0 aromatic heterocycles. The Balaban J connectivity index is 1.99. The average Bonchev–Trinajstić information content (AvgIpc) is 2.77. The Kier molecular flexibility index (Phi) is 6.74. The van der Waals surface area contributed by atoms with Gasteiger partial charge in [0.15, 0.2) is 5.78 Å². The van der Waals surface area contributed by atoms with Gasteiger partial charge in [0.05, 0.1) is 13.5 Å². The lowest BCUT2D eigenvalue weighted by Gasteiger charge is -2.27. The van der Waals surface area contributed by atoms with Crippen molar-refractivity contribution in [2.24, 2.45) is 0 Å². The molecule has 0 saturated heterocycles. The highest BCUT2D eigenvalue weighted by molar-refractivity contribution is 5.96. The summed E-state index contributed by atoms with van der Waals surface area (Å²) in [6, 6.07) is 29.1. The molecule has 28 heavy (non-hydrogen) atoms. The van der Waals surface area contributed by atoms with E-state index in [2.05, 4.69) is 0 Å². The monoisotopic (exact) mass is 372 g/mol. The quantitative estimate of drug-likeness (QED) is 0.393. The number of carbonyl (C=O) groups excluding carboxylic acids is 2. The number of methoxy groups -OCH3 is 1. The molecule has 2 atom stereocenters. The van der Waals surface area contributed by atoms with Crippen LogP contribution in [0.15, 0.2) is 91.0 Å².